The molecule has 5 heteroatoms. The highest BCUT2D eigenvalue weighted by Gasteiger charge is 2.32. The van der Waals surface area contributed by atoms with Crippen molar-refractivity contribution in [2.45, 2.75) is 12.7 Å². The van der Waals surface area contributed by atoms with Crippen LogP contribution in [0.2, 0.25) is 0 Å². The molecule has 4 rings (SSSR count). The van der Waals surface area contributed by atoms with Crippen molar-refractivity contribution in [3.05, 3.63) is 65.4 Å². The Morgan fingerprint density at radius 2 is 1.83 bits per heavy atom. The largest absolute Gasteiger partial charge is 0.416 e. The van der Waals surface area contributed by atoms with Crippen LogP contribution in [0.4, 0.5) is 13.2 Å². The van der Waals surface area contributed by atoms with Crippen molar-refractivity contribution in [2.24, 2.45) is 4.99 Å². The first-order chi connectivity index (χ1) is 11.0. The summed E-state index contributed by atoms with van der Waals surface area (Å²) in [5.41, 5.74) is 2.77. The average Bonchev–Trinajstić information content (AvgIpc) is 3.01. The van der Waals surface area contributed by atoms with Gasteiger partial charge in [-0.2, -0.15) is 13.2 Å². The first kappa shape index (κ1) is 13.9. The summed E-state index contributed by atoms with van der Waals surface area (Å²) in [7, 11) is 0. The Labute approximate surface area is 130 Å². The Hall–Kier alpha value is -2.69. The molecule has 1 aliphatic rings. The van der Waals surface area contributed by atoms with Gasteiger partial charge in [-0.15, -0.1) is 0 Å². The van der Waals surface area contributed by atoms with E-state index in [-0.39, 0.29) is 6.54 Å². The molecule has 0 amide bonds. The quantitative estimate of drug-likeness (QED) is 0.630. The molecule has 0 N–H and O–H groups in total. The molecule has 0 aliphatic carbocycles. The number of rotatable bonds is 1. The molecule has 1 aromatic heterocycles. The minimum atomic E-state index is -4.38. The van der Waals surface area contributed by atoms with Gasteiger partial charge in [0.25, 0.3) is 0 Å². The summed E-state index contributed by atoms with van der Waals surface area (Å²) in [5, 5.41) is 0.830. The lowest BCUT2D eigenvalue weighted by Gasteiger charge is -2.14. The molecule has 0 bridgehead atoms. The molecule has 2 nitrogen and oxygen atoms in total. The first-order valence-electron chi connectivity index (χ1n) is 7.12. The average molecular weight is 312 g/mol. The number of nitrogens with zero attached hydrogens (tertiary/aromatic N) is 2. The smallest absolute Gasteiger partial charge is 0.288 e. The molecule has 1 aliphatic heterocycles. The van der Waals surface area contributed by atoms with Gasteiger partial charge in [0.05, 0.1) is 17.6 Å². The molecule has 0 saturated carbocycles. The van der Waals surface area contributed by atoms with Crippen LogP contribution in [0.1, 0.15) is 16.7 Å². The van der Waals surface area contributed by atoms with Gasteiger partial charge in [0.2, 0.25) is 0 Å². The van der Waals surface area contributed by atoms with Crippen LogP contribution in [0.3, 0.4) is 0 Å². The SMILES string of the molecule is FC(F)(F)c1cc2c(c(-c3cccc4ncccc34)c1)C=NC2. The van der Waals surface area contributed by atoms with E-state index in [0.717, 1.165) is 22.0 Å². The lowest BCUT2D eigenvalue weighted by Crippen LogP contribution is -2.07. The molecule has 2 aromatic carbocycles. The number of aromatic nitrogens is 1. The maximum Gasteiger partial charge on any atom is 0.416 e. The highest BCUT2D eigenvalue weighted by molar-refractivity contribution is 6.02. The van der Waals surface area contributed by atoms with Crippen LogP contribution in [-0.4, -0.2) is 11.2 Å². The Morgan fingerprint density at radius 3 is 2.65 bits per heavy atom. The van der Waals surface area contributed by atoms with Crippen molar-refractivity contribution in [3.8, 4) is 11.1 Å². The van der Waals surface area contributed by atoms with Crippen molar-refractivity contribution in [1.82, 2.24) is 4.98 Å². The maximum atomic E-state index is 13.2. The highest BCUT2D eigenvalue weighted by atomic mass is 19.4. The van der Waals surface area contributed by atoms with E-state index in [4.69, 9.17) is 0 Å². The lowest BCUT2D eigenvalue weighted by molar-refractivity contribution is -0.137. The molecule has 0 saturated heterocycles. The number of halogens is 3. The molecule has 0 unspecified atom stereocenters. The van der Waals surface area contributed by atoms with Gasteiger partial charge in [-0.1, -0.05) is 18.2 Å². The Kier molecular flexibility index (Phi) is 2.98. The fourth-order valence-electron chi connectivity index (χ4n) is 2.96. The zero-order valence-electron chi connectivity index (χ0n) is 11.9. The number of benzene rings is 2. The topological polar surface area (TPSA) is 25.2 Å². The third-order valence-electron chi connectivity index (χ3n) is 4.01. The summed E-state index contributed by atoms with van der Waals surface area (Å²) in [5.74, 6) is 0. The molecular weight excluding hydrogens is 301 g/mol. The fourth-order valence-corrected chi connectivity index (χ4v) is 2.96. The maximum absolute atomic E-state index is 13.2. The number of hydrogen-bond donors (Lipinski definition) is 0. The van der Waals surface area contributed by atoms with E-state index >= 15 is 0 Å². The lowest BCUT2D eigenvalue weighted by atomic mass is 9.92. The number of pyridine rings is 1. The Bertz CT molecular complexity index is 937. The van der Waals surface area contributed by atoms with E-state index in [9.17, 15) is 13.2 Å². The molecule has 0 spiro atoms. The van der Waals surface area contributed by atoms with Crippen LogP contribution in [0.15, 0.2) is 53.7 Å². The van der Waals surface area contributed by atoms with Crippen LogP contribution in [0.5, 0.6) is 0 Å². The van der Waals surface area contributed by atoms with E-state index in [2.05, 4.69) is 9.98 Å². The molecule has 0 atom stereocenters. The molecule has 0 radical (unpaired) electrons. The zero-order chi connectivity index (χ0) is 16.0. The second-order valence-corrected chi connectivity index (χ2v) is 5.44. The second kappa shape index (κ2) is 4.91. The zero-order valence-corrected chi connectivity index (χ0v) is 11.9. The van der Waals surface area contributed by atoms with Gasteiger partial charge in [-0.25, -0.2) is 0 Å². The molecule has 0 fully saturated rings. The minimum Gasteiger partial charge on any atom is -0.288 e. The standard InChI is InChI=1S/C18H11F3N2/c19-18(20,21)12-7-11-9-22-10-16(11)15(8-12)13-3-1-5-17-14(13)4-2-6-23-17/h1-8,10H,9H2. The monoisotopic (exact) mass is 312 g/mol. The summed E-state index contributed by atoms with van der Waals surface area (Å²) in [4.78, 5) is 8.41. The summed E-state index contributed by atoms with van der Waals surface area (Å²) < 4.78 is 39.6. The molecule has 3 aromatic rings. The number of fused-ring (bicyclic) bond motifs is 2. The van der Waals surface area contributed by atoms with Crippen molar-refractivity contribution >= 4 is 17.1 Å². The normalized spacial score (nSPS) is 13.5. The second-order valence-electron chi connectivity index (χ2n) is 5.44. The predicted molar refractivity (Wildman–Crippen MR) is 83.5 cm³/mol. The highest BCUT2D eigenvalue weighted by Crippen LogP contribution is 2.38. The third-order valence-corrected chi connectivity index (χ3v) is 4.01. The molecular formula is C18H11F3N2. The first-order valence-corrected chi connectivity index (χ1v) is 7.12. The molecule has 2 heterocycles. The summed E-state index contributed by atoms with van der Waals surface area (Å²) in [6.45, 7) is 0.287. The van der Waals surface area contributed by atoms with Gasteiger partial charge in [-0.05, 0) is 41.0 Å². The van der Waals surface area contributed by atoms with Gasteiger partial charge in [0.1, 0.15) is 0 Å². The van der Waals surface area contributed by atoms with Crippen molar-refractivity contribution < 1.29 is 13.2 Å². The van der Waals surface area contributed by atoms with Gasteiger partial charge >= 0.3 is 6.18 Å². The van der Waals surface area contributed by atoms with Crippen LogP contribution in [-0.2, 0) is 12.7 Å². The fraction of sp³-hybridized carbons (Fsp3) is 0.111. The third kappa shape index (κ3) is 2.29. The van der Waals surface area contributed by atoms with Crippen LogP contribution in [0, 0.1) is 0 Å². The van der Waals surface area contributed by atoms with Gasteiger partial charge in [-0.3, -0.25) is 9.98 Å². The predicted octanol–water partition coefficient (Wildman–Crippen LogP) is 4.85. The number of aliphatic imine (C=N–C) groups is 1. The minimum absolute atomic E-state index is 0.287. The van der Waals surface area contributed by atoms with E-state index in [0.29, 0.717) is 11.1 Å². The molecule has 114 valence electrons. The van der Waals surface area contributed by atoms with E-state index in [1.807, 2.05) is 24.3 Å². The van der Waals surface area contributed by atoms with Crippen LogP contribution in [0.25, 0.3) is 22.0 Å². The summed E-state index contributed by atoms with van der Waals surface area (Å²) in [6, 6.07) is 11.5. The summed E-state index contributed by atoms with van der Waals surface area (Å²) in [6.07, 6.45) is -1.06. The van der Waals surface area contributed by atoms with E-state index < -0.39 is 11.7 Å². The number of hydrogen-bond acceptors (Lipinski definition) is 2. The van der Waals surface area contributed by atoms with E-state index in [1.165, 1.54) is 12.1 Å². The Balaban J connectivity index is 2.05. The Morgan fingerprint density at radius 1 is 0.957 bits per heavy atom. The van der Waals surface area contributed by atoms with Gasteiger partial charge < -0.3 is 0 Å². The summed E-state index contributed by atoms with van der Waals surface area (Å²) >= 11 is 0. The molecule has 23 heavy (non-hydrogen) atoms. The van der Waals surface area contributed by atoms with Crippen molar-refractivity contribution in [3.63, 3.8) is 0 Å². The van der Waals surface area contributed by atoms with Crippen LogP contribution >= 0.6 is 0 Å². The van der Waals surface area contributed by atoms with E-state index in [1.54, 1.807) is 18.5 Å². The van der Waals surface area contributed by atoms with Crippen LogP contribution < -0.4 is 0 Å². The van der Waals surface area contributed by atoms with Gasteiger partial charge in [0.15, 0.2) is 0 Å². The van der Waals surface area contributed by atoms with Gasteiger partial charge in [0, 0.05) is 23.4 Å². The van der Waals surface area contributed by atoms with Crippen molar-refractivity contribution in [1.29, 1.82) is 0 Å². The van der Waals surface area contributed by atoms with Crippen molar-refractivity contribution in [2.75, 3.05) is 0 Å². The number of alkyl halides is 3.